The van der Waals surface area contributed by atoms with Crippen LogP contribution >= 0.6 is 11.8 Å². The Morgan fingerprint density at radius 2 is 2.05 bits per heavy atom. The molecule has 0 bridgehead atoms. The van der Waals surface area contributed by atoms with Crippen LogP contribution < -0.4 is 9.47 Å². The summed E-state index contributed by atoms with van der Waals surface area (Å²) in [6.45, 7) is 4.67. The molecule has 0 amide bonds. The topological polar surface area (TPSA) is 57.4 Å². The highest BCUT2D eigenvalue weighted by Crippen LogP contribution is 2.28. The minimum absolute atomic E-state index is 0.166. The molecule has 21 heavy (non-hydrogen) atoms. The zero-order chi connectivity index (χ0) is 15.1. The third-order valence-electron chi connectivity index (χ3n) is 2.93. The van der Waals surface area contributed by atoms with Gasteiger partial charge in [-0.25, -0.2) is 0 Å². The number of aryl methyl sites for hydroxylation is 1. The number of hydrogen-bond donors (Lipinski definition) is 0. The van der Waals surface area contributed by atoms with Crippen molar-refractivity contribution < 1.29 is 14.0 Å². The molecule has 0 saturated heterocycles. The van der Waals surface area contributed by atoms with Gasteiger partial charge in [0.25, 0.3) is 0 Å². The maximum atomic E-state index is 5.73. The Morgan fingerprint density at radius 1 is 1.29 bits per heavy atom. The average Bonchev–Trinajstić information content (AvgIpc) is 3.01. The molecule has 0 N–H and O–H groups in total. The first-order valence-corrected chi connectivity index (χ1v) is 7.99. The van der Waals surface area contributed by atoms with Gasteiger partial charge in [0.15, 0.2) is 17.3 Å². The first-order chi connectivity index (χ1) is 10.2. The summed E-state index contributed by atoms with van der Waals surface area (Å²) in [6, 6.07) is 7.63. The van der Waals surface area contributed by atoms with Crippen LogP contribution in [0.5, 0.6) is 11.5 Å². The smallest absolute Gasteiger partial charge is 0.239 e. The molecule has 0 aliphatic heterocycles. The summed E-state index contributed by atoms with van der Waals surface area (Å²) >= 11 is 1.72. The second kappa shape index (κ2) is 7.93. The zero-order valence-corrected chi connectivity index (χ0v) is 13.4. The van der Waals surface area contributed by atoms with Crippen LogP contribution in [0.15, 0.2) is 28.8 Å². The van der Waals surface area contributed by atoms with E-state index in [0.29, 0.717) is 12.5 Å². The second-order valence-electron chi connectivity index (χ2n) is 4.41. The number of aromatic nitrogens is 2. The van der Waals surface area contributed by atoms with E-state index in [1.807, 2.05) is 31.2 Å². The average molecular weight is 308 g/mol. The van der Waals surface area contributed by atoms with Crippen LogP contribution in [0.25, 0.3) is 0 Å². The normalized spacial score (nSPS) is 12.1. The van der Waals surface area contributed by atoms with E-state index in [1.165, 1.54) is 0 Å². The van der Waals surface area contributed by atoms with E-state index in [1.54, 1.807) is 18.9 Å². The molecular formula is C15H20N2O3S. The van der Waals surface area contributed by atoms with E-state index in [4.69, 9.17) is 14.0 Å². The molecule has 114 valence electrons. The van der Waals surface area contributed by atoms with Gasteiger partial charge in [0, 0.05) is 12.2 Å². The SMILES string of the molecule is CCc1noc([C@@H](C)SCCOc2ccccc2OC)n1. The number of nitrogens with zero attached hydrogens (tertiary/aromatic N) is 2. The molecule has 1 atom stereocenters. The van der Waals surface area contributed by atoms with Crippen molar-refractivity contribution in [2.75, 3.05) is 19.5 Å². The summed E-state index contributed by atoms with van der Waals surface area (Å²) < 4.78 is 16.2. The summed E-state index contributed by atoms with van der Waals surface area (Å²) in [5.41, 5.74) is 0. The van der Waals surface area contributed by atoms with Crippen molar-refractivity contribution in [1.82, 2.24) is 10.1 Å². The number of rotatable bonds is 8. The fourth-order valence-corrected chi connectivity index (χ4v) is 2.53. The molecule has 0 aliphatic rings. The van der Waals surface area contributed by atoms with Crippen LogP contribution in [0.1, 0.15) is 30.8 Å². The van der Waals surface area contributed by atoms with Gasteiger partial charge in [0.05, 0.1) is 19.0 Å². The summed E-state index contributed by atoms with van der Waals surface area (Å²) in [7, 11) is 1.64. The van der Waals surface area contributed by atoms with Crippen LogP contribution in [-0.4, -0.2) is 29.6 Å². The van der Waals surface area contributed by atoms with Crippen molar-refractivity contribution in [3.63, 3.8) is 0 Å². The van der Waals surface area contributed by atoms with Crippen molar-refractivity contribution >= 4 is 11.8 Å². The van der Waals surface area contributed by atoms with Crippen molar-refractivity contribution in [1.29, 1.82) is 0 Å². The summed E-state index contributed by atoms with van der Waals surface area (Å²) in [4.78, 5) is 4.33. The number of thioether (sulfide) groups is 1. The van der Waals surface area contributed by atoms with Crippen molar-refractivity contribution in [3.05, 3.63) is 36.0 Å². The van der Waals surface area contributed by atoms with E-state index >= 15 is 0 Å². The predicted octanol–water partition coefficient (Wildman–Crippen LogP) is 3.51. The largest absolute Gasteiger partial charge is 0.493 e. The van der Waals surface area contributed by atoms with Crippen LogP contribution in [0.4, 0.5) is 0 Å². The molecule has 1 aromatic heterocycles. The second-order valence-corrected chi connectivity index (χ2v) is 5.86. The quantitative estimate of drug-likeness (QED) is 0.696. The minimum Gasteiger partial charge on any atom is -0.493 e. The molecule has 0 fully saturated rings. The highest BCUT2D eigenvalue weighted by molar-refractivity contribution is 7.99. The maximum Gasteiger partial charge on any atom is 0.239 e. The number of benzene rings is 1. The highest BCUT2D eigenvalue weighted by Gasteiger charge is 2.14. The lowest BCUT2D eigenvalue weighted by atomic mass is 10.3. The fourth-order valence-electron chi connectivity index (χ4n) is 1.76. The van der Waals surface area contributed by atoms with Gasteiger partial charge in [-0.2, -0.15) is 4.98 Å². The number of para-hydroxylation sites is 2. The molecule has 2 aromatic rings. The number of methoxy groups -OCH3 is 1. The molecule has 0 aliphatic carbocycles. The molecule has 1 heterocycles. The summed E-state index contributed by atoms with van der Waals surface area (Å²) in [5, 5.41) is 4.07. The Kier molecular flexibility index (Phi) is 5.92. The summed E-state index contributed by atoms with van der Waals surface area (Å²) in [5.74, 6) is 3.78. The van der Waals surface area contributed by atoms with Crippen molar-refractivity contribution in [2.45, 2.75) is 25.5 Å². The Balaban J connectivity index is 1.76. The summed E-state index contributed by atoms with van der Waals surface area (Å²) in [6.07, 6.45) is 0.789. The third kappa shape index (κ3) is 4.39. The highest BCUT2D eigenvalue weighted by atomic mass is 32.2. The molecule has 1 aromatic carbocycles. The first-order valence-electron chi connectivity index (χ1n) is 6.94. The lowest BCUT2D eigenvalue weighted by molar-refractivity contribution is 0.313. The van der Waals surface area contributed by atoms with Gasteiger partial charge in [-0.1, -0.05) is 24.2 Å². The van der Waals surface area contributed by atoms with Gasteiger partial charge in [-0.05, 0) is 19.1 Å². The fraction of sp³-hybridized carbons (Fsp3) is 0.467. The Bertz CT molecular complexity index is 559. The Hall–Kier alpha value is -1.69. The van der Waals surface area contributed by atoms with Crippen LogP contribution in [0, 0.1) is 0 Å². The van der Waals surface area contributed by atoms with Crippen LogP contribution in [0.2, 0.25) is 0 Å². The standard InChI is InChI=1S/C15H20N2O3S/c1-4-14-16-15(20-17-14)11(2)21-10-9-19-13-8-6-5-7-12(13)18-3/h5-8,11H,4,9-10H2,1-3H3/t11-/m1/s1. The van der Waals surface area contributed by atoms with E-state index in [2.05, 4.69) is 17.1 Å². The lowest BCUT2D eigenvalue weighted by Gasteiger charge is -2.11. The van der Waals surface area contributed by atoms with Crippen molar-refractivity contribution in [2.24, 2.45) is 0 Å². The monoisotopic (exact) mass is 308 g/mol. The molecule has 0 saturated carbocycles. The Morgan fingerprint density at radius 3 is 2.71 bits per heavy atom. The molecule has 0 unspecified atom stereocenters. The number of ether oxygens (including phenoxy) is 2. The molecule has 0 spiro atoms. The van der Waals surface area contributed by atoms with E-state index in [-0.39, 0.29) is 5.25 Å². The Labute approximate surface area is 129 Å². The van der Waals surface area contributed by atoms with Gasteiger partial charge < -0.3 is 14.0 Å². The van der Waals surface area contributed by atoms with Gasteiger partial charge in [-0.3, -0.25) is 0 Å². The van der Waals surface area contributed by atoms with Gasteiger partial charge in [0.1, 0.15) is 0 Å². The van der Waals surface area contributed by atoms with Gasteiger partial charge >= 0.3 is 0 Å². The zero-order valence-electron chi connectivity index (χ0n) is 12.5. The van der Waals surface area contributed by atoms with Crippen molar-refractivity contribution in [3.8, 4) is 11.5 Å². The first kappa shape index (κ1) is 15.7. The maximum absolute atomic E-state index is 5.73. The predicted molar refractivity (Wildman–Crippen MR) is 83.0 cm³/mol. The van der Waals surface area contributed by atoms with E-state index in [9.17, 15) is 0 Å². The van der Waals surface area contributed by atoms with Gasteiger partial charge in [0.2, 0.25) is 5.89 Å². The lowest BCUT2D eigenvalue weighted by Crippen LogP contribution is -2.03. The number of hydrogen-bond acceptors (Lipinski definition) is 6. The van der Waals surface area contributed by atoms with Gasteiger partial charge in [-0.15, -0.1) is 11.8 Å². The third-order valence-corrected chi connectivity index (χ3v) is 4.03. The molecule has 5 nitrogen and oxygen atoms in total. The van der Waals surface area contributed by atoms with E-state index < -0.39 is 0 Å². The molecule has 0 radical (unpaired) electrons. The molecule has 6 heteroatoms. The molecular weight excluding hydrogens is 288 g/mol. The van der Waals surface area contributed by atoms with Crippen LogP contribution in [0.3, 0.4) is 0 Å². The van der Waals surface area contributed by atoms with Crippen LogP contribution in [-0.2, 0) is 6.42 Å². The molecule has 2 rings (SSSR count). The van der Waals surface area contributed by atoms with E-state index in [0.717, 1.165) is 29.5 Å². The minimum atomic E-state index is 0.166.